The number of nitrogens with zero attached hydrogens (tertiary/aromatic N) is 2. The van der Waals surface area contributed by atoms with Crippen LogP contribution in [0.2, 0.25) is 0 Å². The Bertz CT molecular complexity index is 840. The lowest BCUT2D eigenvalue weighted by Crippen LogP contribution is -2.44. The third-order valence-corrected chi connectivity index (χ3v) is 6.07. The van der Waals surface area contributed by atoms with Crippen LogP contribution in [0.4, 0.5) is 0 Å². The Morgan fingerprint density at radius 2 is 1.71 bits per heavy atom. The maximum Gasteiger partial charge on any atom is 0.253 e. The molecular formula is C23H26N2O3. The van der Waals surface area contributed by atoms with Crippen molar-refractivity contribution < 1.29 is 14.3 Å². The molecule has 2 aliphatic heterocycles. The molecule has 1 spiro atoms. The third-order valence-electron chi connectivity index (χ3n) is 6.07. The number of carbonyl (C=O) groups excluding carboxylic acids is 2. The molecule has 0 aromatic heterocycles. The van der Waals surface area contributed by atoms with E-state index in [4.69, 9.17) is 4.74 Å². The summed E-state index contributed by atoms with van der Waals surface area (Å²) in [4.78, 5) is 29.2. The number of amides is 2. The van der Waals surface area contributed by atoms with Crippen LogP contribution in [0.25, 0.3) is 0 Å². The van der Waals surface area contributed by atoms with Crippen LogP contribution in [-0.2, 0) is 11.3 Å². The summed E-state index contributed by atoms with van der Waals surface area (Å²) in [7, 11) is 1.65. The molecule has 0 atom stereocenters. The Labute approximate surface area is 165 Å². The number of carbonyl (C=O) groups is 2. The lowest BCUT2D eigenvalue weighted by molar-refractivity contribution is -0.128. The summed E-state index contributed by atoms with van der Waals surface area (Å²) in [6.45, 7) is 2.86. The van der Waals surface area contributed by atoms with Gasteiger partial charge in [0.05, 0.1) is 7.11 Å². The molecule has 2 saturated heterocycles. The highest BCUT2D eigenvalue weighted by molar-refractivity contribution is 5.94. The van der Waals surface area contributed by atoms with E-state index in [0.29, 0.717) is 13.0 Å². The van der Waals surface area contributed by atoms with Crippen LogP contribution in [-0.4, -0.2) is 48.4 Å². The summed E-state index contributed by atoms with van der Waals surface area (Å²) in [5.74, 6) is 1.14. The summed E-state index contributed by atoms with van der Waals surface area (Å²) in [6.07, 6.45) is 2.36. The van der Waals surface area contributed by atoms with Gasteiger partial charge in [-0.1, -0.05) is 30.3 Å². The topological polar surface area (TPSA) is 49.9 Å². The van der Waals surface area contributed by atoms with Gasteiger partial charge in [-0.3, -0.25) is 9.59 Å². The van der Waals surface area contributed by atoms with Crippen molar-refractivity contribution in [2.45, 2.75) is 25.8 Å². The van der Waals surface area contributed by atoms with Gasteiger partial charge in [0.1, 0.15) is 5.75 Å². The van der Waals surface area contributed by atoms with Crippen LogP contribution in [0.3, 0.4) is 0 Å². The molecule has 5 heteroatoms. The van der Waals surface area contributed by atoms with E-state index < -0.39 is 0 Å². The Morgan fingerprint density at radius 3 is 2.36 bits per heavy atom. The minimum Gasteiger partial charge on any atom is -0.497 e. The van der Waals surface area contributed by atoms with Crippen LogP contribution >= 0.6 is 0 Å². The predicted octanol–water partition coefficient (Wildman–Crippen LogP) is 3.35. The van der Waals surface area contributed by atoms with Gasteiger partial charge < -0.3 is 14.5 Å². The molecule has 2 fully saturated rings. The maximum absolute atomic E-state index is 12.7. The SMILES string of the molecule is COc1ccc(CN2CC3(CCN(C(=O)c4ccccc4)CC3)CC2=O)cc1. The number of ether oxygens (including phenoxy) is 1. The fourth-order valence-electron chi connectivity index (χ4n) is 4.36. The molecule has 28 heavy (non-hydrogen) atoms. The summed E-state index contributed by atoms with van der Waals surface area (Å²) >= 11 is 0. The number of rotatable bonds is 4. The molecule has 2 aromatic carbocycles. The van der Waals surface area contributed by atoms with Crippen molar-refractivity contribution in [1.82, 2.24) is 9.80 Å². The quantitative estimate of drug-likeness (QED) is 0.820. The smallest absolute Gasteiger partial charge is 0.253 e. The highest BCUT2D eigenvalue weighted by Crippen LogP contribution is 2.41. The molecule has 0 saturated carbocycles. The van der Waals surface area contributed by atoms with Crippen molar-refractivity contribution in [2.24, 2.45) is 5.41 Å². The summed E-state index contributed by atoms with van der Waals surface area (Å²) < 4.78 is 5.20. The number of hydrogen-bond acceptors (Lipinski definition) is 3. The van der Waals surface area contributed by atoms with E-state index in [1.807, 2.05) is 64.4 Å². The van der Waals surface area contributed by atoms with E-state index in [0.717, 1.165) is 49.4 Å². The second-order valence-corrected chi connectivity index (χ2v) is 7.93. The minimum atomic E-state index is 0.0109. The Balaban J connectivity index is 1.36. The van der Waals surface area contributed by atoms with E-state index in [-0.39, 0.29) is 17.2 Å². The van der Waals surface area contributed by atoms with Gasteiger partial charge in [0.2, 0.25) is 5.91 Å². The van der Waals surface area contributed by atoms with Crippen molar-refractivity contribution in [3.8, 4) is 5.75 Å². The average molecular weight is 378 g/mol. The largest absolute Gasteiger partial charge is 0.497 e. The van der Waals surface area contributed by atoms with Crippen LogP contribution < -0.4 is 4.74 Å². The molecular weight excluding hydrogens is 352 g/mol. The van der Waals surface area contributed by atoms with Crippen LogP contribution in [0, 0.1) is 5.41 Å². The number of piperidine rings is 1. The summed E-state index contributed by atoms with van der Waals surface area (Å²) in [6, 6.07) is 17.3. The minimum absolute atomic E-state index is 0.0109. The zero-order chi connectivity index (χ0) is 19.6. The number of hydrogen-bond donors (Lipinski definition) is 0. The number of benzene rings is 2. The van der Waals surface area contributed by atoms with Gasteiger partial charge in [0.15, 0.2) is 0 Å². The first-order valence-corrected chi connectivity index (χ1v) is 9.84. The average Bonchev–Trinajstić information content (AvgIpc) is 3.03. The van der Waals surface area contributed by atoms with Crippen molar-refractivity contribution in [1.29, 1.82) is 0 Å². The van der Waals surface area contributed by atoms with Gasteiger partial charge in [-0.25, -0.2) is 0 Å². The molecule has 2 aliphatic rings. The first kappa shape index (κ1) is 18.5. The highest BCUT2D eigenvalue weighted by Gasteiger charge is 2.45. The van der Waals surface area contributed by atoms with E-state index in [1.54, 1.807) is 7.11 Å². The molecule has 5 nitrogen and oxygen atoms in total. The van der Waals surface area contributed by atoms with Crippen molar-refractivity contribution >= 4 is 11.8 Å². The first-order chi connectivity index (χ1) is 13.6. The molecule has 0 bridgehead atoms. The Kier molecular flexibility index (Phi) is 5.07. The third kappa shape index (κ3) is 3.75. The molecule has 4 rings (SSSR count). The van der Waals surface area contributed by atoms with E-state index in [9.17, 15) is 9.59 Å². The maximum atomic E-state index is 12.7. The Hall–Kier alpha value is -2.82. The molecule has 2 aromatic rings. The summed E-state index contributed by atoms with van der Waals surface area (Å²) in [5.41, 5.74) is 1.86. The zero-order valence-corrected chi connectivity index (χ0v) is 16.3. The monoisotopic (exact) mass is 378 g/mol. The second kappa shape index (κ2) is 7.66. The highest BCUT2D eigenvalue weighted by atomic mass is 16.5. The molecule has 146 valence electrons. The molecule has 0 N–H and O–H groups in total. The second-order valence-electron chi connectivity index (χ2n) is 7.93. The van der Waals surface area contributed by atoms with E-state index in [1.165, 1.54) is 0 Å². The first-order valence-electron chi connectivity index (χ1n) is 9.84. The van der Waals surface area contributed by atoms with Gasteiger partial charge in [-0.15, -0.1) is 0 Å². The van der Waals surface area contributed by atoms with Crippen LogP contribution in [0.15, 0.2) is 54.6 Å². The lowest BCUT2D eigenvalue weighted by atomic mass is 9.77. The standard InChI is InChI=1S/C23H26N2O3/c1-28-20-9-7-18(8-10-20)16-25-17-23(15-21(25)26)11-13-24(14-12-23)22(27)19-5-3-2-4-6-19/h2-10H,11-17H2,1H3. The normalized spacial score (nSPS) is 18.5. The van der Waals surface area contributed by atoms with Crippen LogP contribution in [0.1, 0.15) is 35.2 Å². The number of likely N-dealkylation sites (tertiary alicyclic amines) is 2. The van der Waals surface area contributed by atoms with E-state index in [2.05, 4.69) is 0 Å². The molecule has 2 heterocycles. The van der Waals surface area contributed by atoms with Crippen molar-refractivity contribution in [3.63, 3.8) is 0 Å². The van der Waals surface area contributed by atoms with Gasteiger partial charge in [-0.05, 0) is 42.7 Å². The molecule has 0 radical (unpaired) electrons. The fraction of sp³-hybridized carbons (Fsp3) is 0.391. The van der Waals surface area contributed by atoms with Gasteiger partial charge >= 0.3 is 0 Å². The Morgan fingerprint density at radius 1 is 1.04 bits per heavy atom. The zero-order valence-electron chi connectivity index (χ0n) is 16.3. The number of methoxy groups -OCH3 is 1. The van der Waals surface area contributed by atoms with Gasteiger partial charge in [0.25, 0.3) is 5.91 Å². The predicted molar refractivity (Wildman–Crippen MR) is 107 cm³/mol. The van der Waals surface area contributed by atoms with Crippen molar-refractivity contribution in [2.75, 3.05) is 26.7 Å². The molecule has 0 unspecified atom stereocenters. The van der Waals surface area contributed by atoms with E-state index >= 15 is 0 Å². The van der Waals surface area contributed by atoms with Crippen LogP contribution in [0.5, 0.6) is 5.75 Å². The molecule has 2 amide bonds. The fourth-order valence-corrected chi connectivity index (χ4v) is 4.36. The van der Waals surface area contributed by atoms with Gasteiger partial charge in [-0.2, -0.15) is 0 Å². The molecule has 0 aliphatic carbocycles. The lowest BCUT2D eigenvalue weighted by Gasteiger charge is -2.38. The summed E-state index contributed by atoms with van der Waals surface area (Å²) in [5, 5.41) is 0. The van der Waals surface area contributed by atoms with Gasteiger partial charge in [0, 0.05) is 43.6 Å². The van der Waals surface area contributed by atoms with Crippen molar-refractivity contribution in [3.05, 3.63) is 65.7 Å².